The summed E-state index contributed by atoms with van der Waals surface area (Å²) in [5.74, 6) is 0.0506. The number of rotatable bonds is 0. The Morgan fingerprint density at radius 3 is 2.33 bits per heavy atom. The van der Waals surface area contributed by atoms with E-state index >= 15 is 0 Å². The van der Waals surface area contributed by atoms with Gasteiger partial charge in [-0.25, -0.2) is 0 Å². The Balaban J connectivity index is 2.44. The molecule has 4 nitrogen and oxygen atoms in total. The number of amides is 1. The van der Waals surface area contributed by atoms with Gasteiger partial charge in [0.1, 0.15) is 11.0 Å². The standard InChI is InChI=1S/C11H18N2O2/c1-10(2)8(14)11(3)7-12(4)5-6-13(11)9(10)15/h5-7H2,1-4H3. The van der Waals surface area contributed by atoms with Gasteiger partial charge in [-0.3, -0.25) is 9.59 Å². The number of fused-ring (bicyclic) bond motifs is 1. The molecule has 2 aliphatic rings. The molecular formula is C11H18N2O2. The summed E-state index contributed by atoms with van der Waals surface area (Å²) in [5, 5.41) is 0. The molecule has 2 rings (SSSR count). The largest absolute Gasteiger partial charge is 0.327 e. The van der Waals surface area contributed by atoms with Gasteiger partial charge in [0.25, 0.3) is 0 Å². The van der Waals surface area contributed by atoms with E-state index in [0.29, 0.717) is 13.1 Å². The van der Waals surface area contributed by atoms with Gasteiger partial charge in [0.15, 0.2) is 5.78 Å². The molecule has 4 heteroatoms. The maximum absolute atomic E-state index is 12.2. The molecule has 2 fully saturated rings. The number of piperazine rings is 1. The van der Waals surface area contributed by atoms with E-state index in [1.165, 1.54) is 0 Å². The number of ketones is 1. The van der Waals surface area contributed by atoms with Crippen molar-refractivity contribution in [2.24, 2.45) is 5.41 Å². The summed E-state index contributed by atoms with van der Waals surface area (Å²) in [4.78, 5) is 28.2. The van der Waals surface area contributed by atoms with E-state index in [0.717, 1.165) is 6.54 Å². The fraction of sp³-hybridized carbons (Fsp3) is 0.818. The first-order valence-corrected chi connectivity index (χ1v) is 5.35. The Bertz CT molecular complexity index is 337. The van der Waals surface area contributed by atoms with Gasteiger partial charge in [-0.05, 0) is 27.8 Å². The van der Waals surface area contributed by atoms with Crippen LogP contribution in [0, 0.1) is 5.41 Å². The highest BCUT2D eigenvalue weighted by Crippen LogP contribution is 2.40. The first kappa shape index (κ1) is 10.6. The second kappa shape index (κ2) is 2.82. The van der Waals surface area contributed by atoms with Crippen LogP contribution in [0.4, 0.5) is 0 Å². The van der Waals surface area contributed by atoms with E-state index in [1.807, 2.05) is 14.0 Å². The molecule has 1 unspecified atom stereocenters. The molecule has 1 amide bonds. The van der Waals surface area contributed by atoms with Crippen LogP contribution in [0.1, 0.15) is 20.8 Å². The summed E-state index contributed by atoms with van der Waals surface area (Å²) in [6, 6.07) is 0. The van der Waals surface area contributed by atoms with E-state index in [-0.39, 0.29) is 11.7 Å². The minimum Gasteiger partial charge on any atom is -0.327 e. The van der Waals surface area contributed by atoms with Gasteiger partial charge < -0.3 is 9.80 Å². The topological polar surface area (TPSA) is 40.6 Å². The highest BCUT2D eigenvalue weighted by atomic mass is 16.2. The van der Waals surface area contributed by atoms with Crippen molar-refractivity contribution in [3.8, 4) is 0 Å². The average molecular weight is 210 g/mol. The molecule has 1 atom stereocenters. The number of carbonyl (C=O) groups excluding carboxylic acids is 2. The quantitative estimate of drug-likeness (QED) is 0.534. The van der Waals surface area contributed by atoms with Crippen molar-refractivity contribution in [2.75, 3.05) is 26.7 Å². The van der Waals surface area contributed by atoms with Crippen LogP contribution in [-0.2, 0) is 9.59 Å². The van der Waals surface area contributed by atoms with Crippen molar-refractivity contribution in [3.63, 3.8) is 0 Å². The van der Waals surface area contributed by atoms with Gasteiger partial charge in [0, 0.05) is 19.6 Å². The van der Waals surface area contributed by atoms with Gasteiger partial charge in [-0.15, -0.1) is 0 Å². The highest BCUT2D eigenvalue weighted by Gasteiger charge is 2.61. The van der Waals surface area contributed by atoms with Crippen LogP contribution in [0.2, 0.25) is 0 Å². The molecule has 84 valence electrons. The molecule has 2 aliphatic heterocycles. The summed E-state index contributed by atoms with van der Waals surface area (Å²) in [5.41, 5.74) is -1.44. The third-order valence-electron chi connectivity index (χ3n) is 3.72. The molecule has 0 radical (unpaired) electrons. The number of likely N-dealkylation sites (N-methyl/N-ethyl adjacent to an activating group) is 1. The molecule has 0 aromatic carbocycles. The minimum absolute atomic E-state index is 0.0110. The highest BCUT2D eigenvalue weighted by molar-refractivity contribution is 6.16. The molecule has 0 aliphatic carbocycles. The average Bonchev–Trinajstić information content (AvgIpc) is 2.26. The second-order valence-corrected chi connectivity index (χ2v) is 5.42. The monoisotopic (exact) mass is 210 g/mol. The zero-order valence-corrected chi connectivity index (χ0v) is 9.83. The summed E-state index contributed by atoms with van der Waals surface area (Å²) in [6.07, 6.45) is 0. The fourth-order valence-corrected chi connectivity index (χ4v) is 2.84. The molecule has 15 heavy (non-hydrogen) atoms. The van der Waals surface area contributed by atoms with E-state index in [2.05, 4.69) is 4.90 Å². The van der Waals surface area contributed by atoms with Crippen molar-refractivity contribution in [2.45, 2.75) is 26.3 Å². The maximum atomic E-state index is 12.2. The Morgan fingerprint density at radius 1 is 1.13 bits per heavy atom. The molecule has 0 aromatic rings. The summed E-state index contributed by atoms with van der Waals surface area (Å²) in [6.45, 7) is 7.53. The molecule has 2 heterocycles. The number of nitrogens with zero attached hydrogens (tertiary/aromatic N) is 2. The fourth-order valence-electron chi connectivity index (χ4n) is 2.84. The first-order valence-electron chi connectivity index (χ1n) is 5.35. The normalized spacial score (nSPS) is 35.9. The van der Waals surface area contributed by atoms with Crippen LogP contribution in [0.25, 0.3) is 0 Å². The van der Waals surface area contributed by atoms with Gasteiger partial charge in [-0.1, -0.05) is 0 Å². The molecule has 0 saturated carbocycles. The maximum Gasteiger partial charge on any atom is 0.236 e. The van der Waals surface area contributed by atoms with Gasteiger partial charge in [0.05, 0.1) is 0 Å². The molecule has 0 N–H and O–H groups in total. The van der Waals surface area contributed by atoms with Crippen molar-refractivity contribution in [3.05, 3.63) is 0 Å². The number of Topliss-reactive ketones (excluding diaryl/α,β-unsaturated/α-hetero) is 1. The summed E-state index contributed by atoms with van der Waals surface area (Å²) < 4.78 is 0. The Hall–Kier alpha value is -0.900. The Morgan fingerprint density at radius 2 is 1.73 bits per heavy atom. The third kappa shape index (κ3) is 1.17. The van der Waals surface area contributed by atoms with E-state index in [9.17, 15) is 9.59 Å². The molecule has 2 saturated heterocycles. The summed E-state index contributed by atoms with van der Waals surface area (Å²) in [7, 11) is 1.99. The Labute approximate surface area is 90.2 Å². The van der Waals surface area contributed by atoms with Gasteiger partial charge >= 0.3 is 0 Å². The zero-order valence-electron chi connectivity index (χ0n) is 9.83. The van der Waals surface area contributed by atoms with Crippen LogP contribution in [0.3, 0.4) is 0 Å². The minimum atomic E-state index is -0.833. The van der Waals surface area contributed by atoms with Crippen LogP contribution >= 0.6 is 0 Å². The van der Waals surface area contributed by atoms with Gasteiger partial charge in [0.2, 0.25) is 5.91 Å². The van der Waals surface area contributed by atoms with Crippen LogP contribution in [-0.4, -0.2) is 53.7 Å². The van der Waals surface area contributed by atoms with Gasteiger partial charge in [-0.2, -0.15) is 0 Å². The predicted molar refractivity (Wildman–Crippen MR) is 56.4 cm³/mol. The lowest BCUT2D eigenvalue weighted by molar-refractivity contribution is -0.138. The van der Waals surface area contributed by atoms with Crippen molar-refractivity contribution < 1.29 is 9.59 Å². The van der Waals surface area contributed by atoms with Crippen molar-refractivity contribution in [1.82, 2.24) is 9.80 Å². The van der Waals surface area contributed by atoms with Crippen molar-refractivity contribution >= 4 is 11.7 Å². The number of hydrogen-bond acceptors (Lipinski definition) is 3. The van der Waals surface area contributed by atoms with E-state index < -0.39 is 11.0 Å². The lowest BCUT2D eigenvalue weighted by Gasteiger charge is -2.42. The predicted octanol–water partition coefficient (Wildman–Crippen LogP) is 0.128. The molecule has 0 spiro atoms. The summed E-state index contributed by atoms with van der Waals surface area (Å²) >= 11 is 0. The molecular weight excluding hydrogens is 192 g/mol. The lowest BCUT2D eigenvalue weighted by Crippen LogP contribution is -2.60. The molecule has 0 aromatic heterocycles. The zero-order chi connectivity index (χ0) is 11.4. The first-order chi connectivity index (χ1) is 6.80. The Kier molecular flexibility index (Phi) is 1.99. The lowest BCUT2D eigenvalue weighted by atomic mass is 9.82. The number of hydrogen-bond donors (Lipinski definition) is 0. The van der Waals surface area contributed by atoms with E-state index in [4.69, 9.17) is 0 Å². The third-order valence-corrected chi connectivity index (χ3v) is 3.72. The van der Waals surface area contributed by atoms with Crippen LogP contribution in [0.5, 0.6) is 0 Å². The number of carbonyl (C=O) groups is 2. The smallest absolute Gasteiger partial charge is 0.236 e. The van der Waals surface area contributed by atoms with Crippen molar-refractivity contribution in [1.29, 1.82) is 0 Å². The SMILES string of the molecule is CN1CCN2C(=O)C(C)(C)C(=O)C2(C)C1. The second-order valence-electron chi connectivity index (χ2n) is 5.42. The van der Waals surface area contributed by atoms with Crippen LogP contribution < -0.4 is 0 Å². The van der Waals surface area contributed by atoms with Crippen LogP contribution in [0.15, 0.2) is 0 Å². The van der Waals surface area contributed by atoms with E-state index in [1.54, 1.807) is 18.7 Å². The molecule has 0 bridgehead atoms.